The molecular formula is C10H17N5O16P4. The number of H-pyrrole nitrogens is 1. The van der Waals surface area contributed by atoms with Crippen LogP contribution in [0, 0.1) is 0 Å². The molecule has 3 unspecified atom stereocenters. The van der Waals surface area contributed by atoms with E-state index >= 15 is 0 Å². The van der Waals surface area contributed by atoms with Crippen molar-refractivity contribution in [3.05, 3.63) is 16.7 Å². The Hall–Kier alpha value is -1.37. The second kappa shape index (κ2) is 9.83. The molecule has 198 valence electrons. The minimum atomic E-state index is -5.50. The SMILES string of the molecule is Nc1nc2c(ncn2[C@@H]2O[C@H](COP(=O)(O)OP(=O)(O)O)CC2OP(=O)(O)OP(=O)(O)O)c(=O)[nH]1. The van der Waals surface area contributed by atoms with Crippen molar-refractivity contribution in [1.82, 2.24) is 19.5 Å². The van der Waals surface area contributed by atoms with Crippen LogP contribution in [0.25, 0.3) is 11.2 Å². The molecule has 2 aromatic heterocycles. The predicted octanol–water partition coefficient (Wildman–Crippen LogP) is -1.19. The van der Waals surface area contributed by atoms with Crippen LogP contribution < -0.4 is 11.3 Å². The summed E-state index contributed by atoms with van der Waals surface area (Å²) in [4.78, 5) is 75.9. The number of fused-ring (bicyclic) bond motifs is 1. The van der Waals surface area contributed by atoms with Crippen molar-refractivity contribution >= 4 is 48.4 Å². The Morgan fingerprint density at radius 2 is 1.69 bits per heavy atom. The van der Waals surface area contributed by atoms with Crippen LogP contribution in [0.4, 0.5) is 5.95 Å². The first-order valence-corrected chi connectivity index (χ1v) is 14.8. The number of phosphoric acid groups is 4. The predicted molar refractivity (Wildman–Crippen MR) is 108 cm³/mol. The van der Waals surface area contributed by atoms with Gasteiger partial charge in [0.25, 0.3) is 5.56 Å². The second-order valence-corrected chi connectivity index (χ2v) is 12.3. The summed E-state index contributed by atoms with van der Waals surface area (Å²) < 4.78 is 68.6. The van der Waals surface area contributed by atoms with E-state index in [4.69, 9.17) is 34.6 Å². The summed E-state index contributed by atoms with van der Waals surface area (Å²) >= 11 is 0. The van der Waals surface area contributed by atoms with Gasteiger partial charge in [0.05, 0.1) is 19.0 Å². The number of nitrogens with one attached hydrogen (secondary N) is 1. The quantitative estimate of drug-likeness (QED) is 0.151. The Labute approximate surface area is 192 Å². The minimum absolute atomic E-state index is 0.215. The maximum absolute atomic E-state index is 12.1. The second-order valence-electron chi connectivity index (χ2n) is 6.68. The highest BCUT2D eigenvalue weighted by Crippen LogP contribution is 2.60. The Kier molecular flexibility index (Phi) is 7.92. The van der Waals surface area contributed by atoms with Crippen molar-refractivity contribution in [2.24, 2.45) is 0 Å². The van der Waals surface area contributed by atoms with Gasteiger partial charge in [0.1, 0.15) is 6.10 Å². The number of nitrogens with zero attached hydrogens (tertiary/aromatic N) is 3. The number of hydrogen-bond donors (Lipinski definition) is 8. The average Bonchev–Trinajstić information content (AvgIpc) is 3.19. The summed E-state index contributed by atoms with van der Waals surface area (Å²) in [5, 5.41) is 0. The molecule has 2 aromatic rings. The minimum Gasteiger partial charge on any atom is -0.369 e. The Bertz CT molecular complexity index is 1350. The zero-order chi connectivity index (χ0) is 26.4. The van der Waals surface area contributed by atoms with E-state index in [0.717, 1.165) is 10.9 Å². The molecule has 0 radical (unpaired) electrons. The molecule has 1 aliphatic rings. The Balaban J connectivity index is 1.90. The maximum Gasteiger partial charge on any atom is 0.481 e. The third-order valence-corrected chi connectivity index (χ3v) is 8.35. The number of nitrogens with two attached hydrogens (primary N) is 1. The normalized spacial score (nSPS) is 24.9. The van der Waals surface area contributed by atoms with Crippen LogP contribution in [0.2, 0.25) is 0 Å². The van der Waals surface area contributed by atoms with Gasteiger partial charge < -0.3 is 39.8 Å². The van der Waals surface area contributed by atoms with Gasteiger partial charge in [-0.3, -0.25) is 23.4 Å². The smallest absolute Gasteiger partial charge is 0.369 e. The lowest BCUT2D eigenvalue weighted by molar-refractivity contribution is -0.0470. The molecule has 1 fully saturated rings. The van der Waals surface area contributed by atoms with Crippen LogP contribution in [0.3, 0.4) is 0 Å². The van der Waals surface area contributed by atoms with Gasteiger partial charge >= 0.3 is 31.3 Å². The topological polar surface area (TPSA) is 325 Å². The third-order valence-electron chi connectivity index (χ3n) is 3.98. The molecule has 1 aliphatic heterocycles. The van der Waals surface area contributed by atoms with Crippen LogP contribution >= 0.6 is 31.3 Å². The summed E-state index contributed by atoms with van der Waals surface area (Å²) in [5.41, 5.74) is 4.26. The van der Waals surface area contributed by atoms with E-state index < -0.39 is 68.3 Å². The molecule has 25 heteroatoms. The standard InChI is InChI=1S/C10H17N5O16P4/c11-10-13-7-6(8(16)14-10)12-3-15(7)9-5(29-35(25,26)31-33(20,21)22)1-4(28-9)2-27-34(23,24)30-32(17,18)19/h3-5,9H,1-2H2,(H,23,24)(H,25,26)(H2,17,18,19)(H2,20,21,22)(H3,11,13,14,16)/t4-,5?,9+/m0/s1. The number of rotatable bonds is 10. The number of aromatic nitrogens is 4. The molecule has 0 aromatic carbocycles. The summed E-state index contributed by atoms with van der Waals surface area (Å²) in [5.74, 6) is -0.354. The summed E-state index contributed by atoms with van der Waals surface area (Å²) in [6.07, 6.45) is -3.99. The van der Waals surface area contributed by atoms with Crippen molar-refractivity contribution in [3.63, 3.8) is 0 Å². The number of nitrogen functional groups attached to an aromatic ring is 1. The highest BCUT2D eigenvalue weighted by molar-refractivity contribution is 7.61. The Morgan fingerprint density at radius 3 is 2.29 bits per heavy atom. The molecule has 21 nitrogen and oxygen atoms in total. The van der Waals surface area contributed by atoms with E-state index in [-0.39, 0.29) is 17.1 Å². The molecule has 9 N–H and O–H groups in total. The first-order valence-electron chi connectivity index (χ1n) is 8.74. The number of phosphoric ester groups is 2. The fraction of sp³-hybridized carbons (Fsp3) is 0.500. The maximum atomic E-state index is 12.1. The molecular weight excluding hydrogens is 570 g/mol. The van der Waals surface area contributed by atoms with E-state index in [9.17, 15) is 32.8 Å². The van der Waals surface area contributed by atoms with Crippen LogP contribution in [-0.4, -0.2) is 67.7 Å². The van der Waals surface area contributed by atoms with Crippen LogP contribution in [0.15, 0.2) is 11.1 Å². The van der Waals surface area contributed by atoms with Gasteiger partial charge in [-0.15, -0.1) is 0 Å². The number of anilines is 1. The van der Waals surface area contributed by atoms with E-state index in [1.165, 1.54) is 0 Å². The van der Waals surface area contributed by atoms with Gasteiger partial charge in [-0.05, 0) is 0 Å². The van der Waals surface area contributed by atoms with Crippen molar-refractivity contribution in [1.29, 1.82) is 0 Å². The lowest BCUT2D eigenvalue weighted by atomic mass is 10.2. The van der Waals surface area contributed by atoms with Crippen LogP contribution in [0.1, 0.15) is 12.6 Å². The molecule has 0 amide bonds. The van der Waals surface area contributed by atoms with E-state index in [1.54, 1.807) is 0 Å². The highest BCUT2D eigenvalue weighted by atomic mass is 31.3. The molecule has 5 atom stereocenters. The molecule has 1 saturated heterocycles. The van der Waals surface area contributed by atoms with Gasteiger partial charge in [-0.2, -0.15) is 13.6 Å². The Morgan fingerprint density at radius 1 is 1.09 bits per heavy atom. The van der Waals surface area contributed by atoms with Crippen LogP contribution in [0.5, 0.6) is 0 Å². The number of aromatic amines is 1. The summed E-state index contributed by atoms with van der Waals surface area (Å²) in [6.45, 7) is -0.901. The first kappa shape index (κ1) is 28.2. The van der Waals surface area contributed by atoms with Crippen molar-refractivity contribution < 1.29 is 70.0 Å². The van der Waals surface area contributed by atoms with Gasteiger partial charge in [-0.25, -0.2) is 23.2 Å². The van der Waals surface area contributed by atoms with Crippen molar-refractivity contribution in [2.75, 3.05) is 12.3 Å². The molecule has 35 heavy (non-hydrogen) atoms. The van der Waals surface area contributed by atoms with Crippen LogP contribution in [-0.2, 0) is 40.7 Å². The zero-order valence-corrected chi connectivity index (χ0v) is 20.3. The van der Waals surface area contributed by atoms with E-state index in [2.05, 4.69) is 28.1 Å². The molecule has 0 saturated carbocycles. The van der Waals surface area contributed by atoms with E-state index in [0.29, 0.717) is 0 Å². The molecule has 0 spiro atoms. The van der Waals surface area contributed by atoms with E-state index in [1.807, 2.05) is 0 Å². The largest absolute Gasteiger partial charge is 0.481 e. The number of imidazole rings is 1. The van der Waals surface area contributed by atoms with Gasteiger partial charge in [-0.1, -0.05) is 0 Å². The van der Waals surface area contributed by atoms with Crippen molar-refractivity contribution in [2.45, 2.75) is 24.9 Å². The third kappa shape index (κ3) is 7.80. The zero-order valence-electron chi connectivity index (χ0n) is 16.7. The molecule has 0 aliphatic carbocycles. The lowest BCUT2D eigenvalue weighted by Crippen LogP contribution is -2.23. The molecule has 3 heterocycles. The lowest BCUT2D eigenvalue weighted by Gasteiger charge is -2.22. The summed E-state index contributed by atoms with van der Waals surface area (Å²) in [6, 6.07) is 0. The van der Waals surface area contributed by atoms with Crippen molar-refractivity contribution in [3.8, 4) is 0 Å². The first-order chi connectivity index (χ1) is 15.8. The fourth-order valence-electron chi connectivity index (χ4n) is 2.95. The van der Waals surface area contributed by atoms with Gasteiger partial charge in [0.15, 0.2) is 17.4 Å². The monoisotopic (exact) mass is 587 g/mol. The summed E-state index contributed by atoms with van der Waals surface area (Å²) in [7, 11) is -21.7. The van der Waals surface area contributed by atoms with Gasteiger partial charge in [0.2, 0.25) is 5.95 Å². The highest BCUT2D eigenvalue weighted by Gasteiger charge is 2.45. The molecule has 3 rings (SSSR count). The molecule has 0 bridgehead atoms. The average molecular weight is 587 g/mol. The van der Waals surface area contributed by atoms with Gasteiger partial charge in [0, 0.05) is 6.42 Å². The number of ether oxygens (including phenoxy) is 1. The fourth-order valence-corrected chi connectivity index (χ4v) is 6.33. The number of hydrogen-bond acceptors (Lipinski definition) is 13.